The van der Waals surface area contributed by atoms with Crippen LogP contribution in [0.25, 0.3) is 0 Å². The molecule has 1 aromatic carbocycles. The van der Waals surface area contributed by atoms with Gasteiger partial charge in [-0.25, -0.2) is 4.79 Å². The molecule has 1 aromatic rings. The monoisotopic (exact) mass is 277 g/mol. The highest BCUT2D eigenvalue weighted by Crippen LogP contribution is 2.33. The van der Waals surface area contributed by atoms with Gasteiger partial charge in [-0.15, -0.1) is 0 Å². The first-order valence-corrected chi connectivity index (χ1v) is 6.75. The van der Waals surface area contributed by atoms with Crippen molar-refractivity contribution in [2.24, 2.45) is 0 Å². The molecule has 1 aliphatic rings. The molecule has 5 heteroatoms. The lowest BCUT2D eigenvalue weighted by Gasteiger charge is -2.30. The van der Waals surface area contributed by atoms with Gasteiger partial charge in [-0.2, -0.15) is 0 Å². The second-order valence-corrected chi connectivity index (χ2v) is 5.21. The predicted molar refractivity (Wildman–Crippen MR) is 73.8 cm³/mol. The maximum Gasteiger partial charge on any atom is 0.329 e. The lowest BCUT2D eigenvalue weighted by atomic mass is 9.90. The van der Waals surface area contributed by atoms with Crippen LogP contribution in [0.2, 0.25) is 0 Å². The lowest BCUT2D eigenvalue weighted by Crippen LogP contribution is -2.53. The first-order valence-electron chi connectivity index (χ1n) is 6.75. The average Bonchev–Trinajstić information content (AvgIpc) is 2.46. The van der Waals surface area contributed by atoms with Gasteiger partial charge >= 0.3 is 5.97 Å². The molecule has 0 saturated heterocycles. The van der Waals surface area contributed by atoms with Crippen LogP contribution in [0, 0.1) is 0 Å². The second kappa shape index (κ2) is 5.53. The fraction of sp³-hybridized carbons (Fsp3) is 0.467. The van der Waals surface area contributed by atoms with E-state index in [0.717, 1.165) is 5.56 Å². The van der Waals surface area contributed by atoms with Gasteiger partial charge in [0.05, 0.1) is 12.5 Å². The summed E-state index contributed by atoms with van der Waals surface area (Å²) in [4.78, 5) is 23.7. The summed E-state index contributed by atoms with van der Waals surface area (Å²) in [7, 11) is 0. The van der Waals surface area contributed by atoms with Gasteiger partial charge in [0.15, 0.2) is 0 Å². The smallest absolute Gasteiger partial charge is 0.329 e. The molecule has 0 fully saturated rings. The van der Waals surface area contributed by atoms with E-state index < -0.39 is 11.5 Å². The first kappa shape index (κ1) is 14.4. The summed E-state index contributed by atoms with van der Waals surface area (Å²) in [5, 5.41) is 11.9. The minimum atomic E-state index is -1.23. The molecule has 2 N–H and O–H groups in total. The van der Waals surface area contributed by atoms with Crippen molar-refractivity contribution in [3.8, 4) is 5.75 Å². The molecule has 108 valence electrons. The number of hydrogen-bond donors (Lipinski definition) is 2. The Kier molecular flexibility index (Phi) is 3.97. The molecule has 2 unspecified atom stereocenters. The van der Waals surface area contributed by atoms with Crippen LogP contribution in [0.4, 0.5) is 0 Å². The Balaban J connectivity index is 2.21. The van der Waals surface area contributed by atoms with Gasteiger partial charge in [0.25, 0.3) is 0 Å². The number of fused-ring (bicyclic) bond motifs is 1. The summed E-state index contributed by atoms with van der Waals surface area (Å²) in [5.74, 6) is -0.932. The maximum atomic E-state index is 12.4. The third kappa shape index (κ3) is 2.61. The molecule has 1 heterocycles. The molecule has 1 aliphatic heterocycles. The number of carboxylic acids is 1. The number of benzene rings is 1. The number of para-hydroxylation sites is 1. The highest BCUT2D eigenvalue weighted by molar-refractivity contribution is 5.90. The predicted octanol–water partition coefficient (Wildman–Crippen LogP) is 1.92. The Morgan fingerprint density at radius 3 is 2.80 bits per heavy atom. The zero-order chi connectivity index (χ0) is 14.8. The summed E-state index contributed by atoms with van der Waals surface area (Å²) in [6, 6.07) is 7.38. The van der Waals surface area contributed by atoms with Crippen molar-refractivity contribution in [1.29, 1.82) is 0 Å². The minimum absolute atomic E-state index is 0.257. The van der Waals surface area contributed by atoms with E-state index in [0.29, 0.717) is 25.2 Å². The van der Waals surface area contributed by atoms with E-state index in [-0.39, 0.29) is 11.8 Å². The Morgan fingerprint density at radius 1 is 1.45 bits per heavy atom. The molecule has 1 amide bonds. The summed E-state index contributed by atoms with van der Waals surface area (Å²) in [6.07, 6.45) is 0.890. The Morgan fingerprint density at radius 2 is 2.15 bits per heavy atom. The number of ether oxygens (including phenoxy) is 1. The highest BCUT2D eigenvalue weighted by Gasteiger charge is 2.36. The number of aliphatic carboxylic acids is 1. The maximum absolute atomic E-state index is 12.4. The number of carbonyl (C=O) groups excluding carboxylic acids is 1. The topological polar surface area (TPSA) is 75.6 Å². The van der Waals surface area contributed by atoms with E-state index in [1.165, 1.54) is 6.92 Å². The van der Waals surface area contributed by atoms with Gasteiger partial charge in [-0.1, -0.05) is 25.1 Å². The van der Waals surface area contributed by atoms with Gasteiger partial charge in [0, 0.05) is 5.56 Å². The van der Waals surface area contributed by atoms with Crippen LogP contribution in [0.5, 0.6) is 5.75 Å². The molecule has 2 rings (SSSR count). The van der Waals surface area contributed by atoms with Gasteiger partial charge < -0.3 is 15.2 Å². The normalized spacial score (nSPS) is 20.2. The highest BCUT2D eigenvalue weighted by atomic mass is 16.5. The number of nitrogens with one attached hydrogen (secondary N) is 1. The zero-order valence-corrected chi connectivity index (χ0v) is 11.7. The molecule has 0 aliphatic carbocycles. The summed E-state index contributed by atoms with van der Waals surface area (Å²) >= 11 is 0. The van der Waals surface area contributed by atoms with E-state index in [1.54, 1.807) is 6.92 Å². The van der Waals surface area contributed by atoms with Crippen molar-refractivity contribution in [3.05, 3.63) is 29.8 Å². The van der Waals surface area contributed by atoms with Crippen molar-refractivity contribution in [2.75, 3.05) is 6.61 Å². The molecule has 0 saturated carbocycles. The molecular weight excluding hydrogens is 258 g/mol. The average molecular weight is 277 g/mol. The summed E-state index contributed by atoms with van der Waals surface area (Å²) in [5.41, 5.74) is -0.412. The van der Waals surface area contributed by atoms with E-state index in [9.17, 15) is 14.7 Å². The van der Waals surface area contributed by atoms with Gasteiger partial charge in [0.2, 0.25) is 5.91 Å². The number of carbonyl (C=O) groups is 2. The van der Waals surface area contributed by atoms with Crippen molar-refractivity contribution in [2.45, 2.75) is 38.1 Å². The van der Waals surface area contributed by atoms with Crippen LogP contribution in [-0.2, 0) is 9.59 Å². The SMILES string of the molecule is CCC(C)(NC(=O)C1CCOc2ccccc21)C(=O)O. The number of amides is 1. The van der Waals surface area contributed by atoms with Gasteiger partial charge in [-0.05, 0) is 25.8 Å². The van der Waals surface area contributed by atoms with Crippen LogP contribution in [0.15, 0.2) is 24.3 Å². The van der Waals surface area contributed by atoms with Crippen molar-refractivity contribution < 1.29 is 19.4 Å². The Labute approximate surface area is 117 Å². The molecule has 0 aromatic heterocycles. The fourth-order valence-corrected chi connectivity index (χ4v) is 2.27. The summed E-state index contributed by atoms with van der Waals surface area (Å²) < 4.78 is 5.51. The van der Waals surface area contributed by atoms with Gasteiger partial charge in [0.1, 0.15) is 11.3 Å². The summed E-state index contributed by atoms with van der Waals surface area (Å²) in [6.45, 7) is 3.73. The second-order valence-electron chi connectivity index (χ2n) is 5.21. The molecular formula is C15H19NO4. The molecule has 5 nitrogen and oxygen atoms in total. The van der Waals surface area contributed by atoms with E-state index in [1.807, 2.05) is 24.3 Å². The zero-order valence-electron chi connectivity index (χ0n) is 11.7. The van der Waals surface area contributed by atoms with E-state index >= 15 is 0 Å². The minimum Gasteiger partial charge on any atom is -0.493 e. The Hall–Kier alpha value is -2.04. The van der Waals surface area contributed by atoms with E-state index in [2.05, 4.69) is 5.32 Å². The van der Waals surface area contributed by atoms with E-state index in [4.69, 9.17) is 4.74 Å². The molecule has 0 bridgehead atoms. The standard InChI is InChI=1S/C15H19NO4/c1-3-15(2,14(18)19)16-13(17)11-8-9-20-12-7-5-4-6-10(11)12/h4-7,11H,3,8-9H2,1-2H3,(H,16,17)(H,18,19). The molecule has 0 spiro atoms. The first-order chi connectivity index (χ1) is 9.48. The molecule has 2 atom stereocenters. The number of rotatable bonds is 4. The molecule has 20 heavy (non-hydrogen) atoms. The van der Waals surface area contributed by atoms with Crippen LogP contribution in [0.1, 0.15) is 38.2 Å². The third-order valence-electron chi connectivity index (χ3n) is 3.85. The van der Waals surface area contributed by atoms with Crippen LogP contribution in [-0.4, -0.2) is 29.1 Å². The van der Waals surface area contributed by atoms with Crippen molar-refractivity contribution in [1.82, 2.24) is 5.32 Å². The van der Waals surface area contributed by atoms with Crippen LogP contribution < -0.4 is 10.1 Å². The van der Waals surface area contributed by atoms with Crippen molar-refractivity contribution in [3.63, 3.8) is 0 Å². The Bertz CT molecular complexity index is 528. The molecule has 0 radical (unpaired) electrons. The third-order valence-corrected chi connectivity index (χ3v) is 3.85. The lowest BCUT2D eigenvalue weighted by molar-refractivity contribution is -0.147. The number of carboxylic acid groups (broad SMARTS) is 1. The van der Waals surface area contributed by atoms with Gasteiger partial charge in [-0.3, -0.25) is 4.79 Å². The number of hydrogen-bond acceptors (Lipinski definition) is 3. The van der Waals surface area contributed by atoms with Crippen LogP contribution >= 0.6 is 0 Å². The fourth-order valence-electron chi connectivity index (χ4n) is 2.27. The van der Waals surface area contributed by atoms with Crippen molar-refractivity contribution >= 4 is 11.9 Å². The van der Waals surface area contributed by atoms with Crippen LogP contribution in [0.3, 0.4) is 0 Å². The quantitative estimate of drug-likeness (QED) is 0.881. The largest absolute Gasteiger partial charge is 0.493 e.